The second kappa shape index (κ2) is 7.72. The highest BCUT2D eigenvalue weighted by Gasteiger charge is 2.34. The van der Waals surface area contributed by atoms with Gasteiger partial charge in [0.15, 0.2) is 0 Å². The van der Waals surface area contributed by atoms with Gasteiger partial charge in [-0.2, -0.15) is 0 Å². The lowest BCUT2D eigenvalue weighted by atomic mass is 9.98. The fraction of sp³-hybridized carbons (Fsp3) is 0.857. The number of nitrogens with zero attached hydrogens (tertiary/aromatic N) is 3. The van der Waals surface area contributed by atoms with Gasteiger partial charge in [0.2, 0.25) is 12.3 Å². The summed E-state index contributed by atoms with van der Waals surface area (Å²) in [5, 5.41) is 8.93. The second-order valence-electron chi connectivity index (χ2n) is 5.66. The first-order valence-electron chi connectivity index (χ1n) is 7.58. The van der Waals surface area contributed by atoms with Gasteiger partial charge >= 0.3 is 0 Å². The van der Waals surface area contributed by atoms with E-state index in [0.29, 0.717) is 39.4 Å². The number of ether oxygens (including phenoxy) is 1. The van der Waals surface area contributed by atoms with E-state index in [9.17, 15) is 9.59 Å². The molecule has 0 saturated carbocycles. The summed E-state index contributed by atoms with van der Waals surface area (Å²) in [6, 6.07) is -0.167. The Kier molecular flexibility index (Phi) is 5.96. The third kappa shape index (κ3) is 3.93. The predicted molar refractivity (Wildman–Crippen MR) is 76.6 cm³/mol. The summed E-state index contributed by atoms with van der Waals surface area (Å²) in [5.74, 6) is -0.166. The van der Waals surface area contributed by atoms with Crippen molar-refractivity contribution in [2.24, 2.45) is 5.92 Å². The normalized spacial score (nSPS) is 25.7. The van der Waals surface area contributed by atoms with Crippen LogP contribution in [0.4, 0.5) is 0 Å². The van der Waals surface area contributed by atoms with Crippen molar-refractivity contribution in [3.05, 3.63) is 0 Å². The summed E-state index contributed by atoms with van der Waals surface area (Å²) >= 11 is 0. The minimum absolute atomic E-state index is 0.0843. The van der Waals surface area contributed by atoms with E-state index in [4.69, 9.17) is 9.84 Å². The fourth-order valence-electron chi connectivity index (χ4n) is 2.98. The molecule has 0 bridgehead atoms. The number of amides is 2. The van der Waals surface area contributed by atoms with Crippen LogP contribution in [0.1, 0.15) is 6.92 Å². The van der Waals surface area contributed by atoms with Gasteiger partial charge in [-0.25, -0.2) is 0 Å². The number of β-amino-alcohol motifs (C(OH)–C–C–N with tert-alkyl or cyclic N) is 1. The first-order valence-corrected chi connectivity index (χ1v) is 7.58. The zero-order chi connectivity index (χ0) is 15.2. The Hall–Kier alpha value is -1.18. The molecule has 120 valence electrons. The van der Waals surface area contributed by atoms with Gasteiger partial charge in [-0.3, -0.25) is 14.5 Å². The fourth-order valence-corrected chi connectivity index (χ4v) is 2.98. The molecule has 0 spiro atoms. The van der Waals surface area contributed by atoms with Crippen LogP contribution in [0, 0.1) is 5.92 Å². The Morgan fingerprint density at radius 3 is 2.67 bits per heavy atom. The van der Waals surface area contributed by atoms with Crippen LogP contribution in [0.3, 0.4) is 0 Å². The van der Waals surface area contributed by atoms with Crippen molar-refractivity contribution in [2.75, 3.05) is 59.1 Å². The van der Waals surface area contributed by atoms with Gasteiger partial charge in [0.05, 0.1) is 31.8 Å². The van der Waals surface area contributed by atoms with Crippen molar-refractivity contribution < 1.29 is 19.4 Å². The zero-order valence-corrected chi connectivity index (χ0v) is 12.6. The van der Waals surface area contributed by atoms with Crippen LogP contribution in [0.25, 0.3) is 0 Å². The number of aliphatic hydroxyl groups excluding tert-OH is 1. The molecule has 0 aromatic heterocycles. The van der Waals surface area contributed by atoms with Gasteiger partial charge in [0, 0.05) is 39.3 Å². The lowest BCUT2D eigenvalue weighted by Crippen LogP contribution is -2.55. The smallest absolute Gasteiger partial charge is 0.227 e. The van der Waals surface area contributed by atoms with Crippen LogP contribution in [-0.2, 0) is 14.3 Å². The van der Waals surface area contributed by atoms with Gasteiger partial charge in [-0.1, -0.05) is 6.92 Å². The highest BCUT2D eigenvalue weighted by atomic mass is 16.5. The summed E-state index contributed by atoms with van der Waals surface area (Å²) in [6.45, 7) is 7.14. The Labute approximate surface area is 125 Å². The zero-order valence-electron chi connectivity index (χ0n) is 12.6. The van der Waals surface area contributed by atoms with E-state index < -0.39 is 0 Å². The summed E-state index contributed by atoms with van der Waals surface area (Å²) in [6.07, 6.45) is 0.816. The number of morpholine rings is 1. The highest BCUT2D eigenvalue weighted by molar-refractivity contribution is 5.79. The predicted octanol–water partition coefficient (Wildman–Crippen LogP) is -1.38. The topological polar surface area (TPSA) is 73.3 Å². The molecule has 2 atom stereocenters. The number of carbonyl (C=O) groups excluding carboxylic acids is 2. The highest BCUT2D eigenvalue weighted by Crippen LogP contribution is 2.18. The number of aliphatic hydroxyl groups is 1. The Balaban J connectivity index is 1.88. The molecule has 2 aliphatic rings. The molecule has 7 nitrogen and oxygen atoms in total. The molecule has 0 aliphatic carbocycles. The molecule has 2 heterocycles. The molecule has 2 aliphatic heterocycles. The minimum atomic E-state index is -0.250. The molecule has 2 unspecified atom stereocenters. The molecule has 21 heavy (non-hydrogen) atoms. The lowest BCUT2D eigenvalue weighted by molar-refractivity contribution is -0.144. The maximum Gasteiger partial charge on any atom is 0.227 e. The van der Waals surface area contributed by atoms with Crippen molar-refractivity contribution in [1.82, 2.24) is 14.7 Å². The molecule has 2 saturated heterocycles. The number of hydrogen-bond donors (Lipinski definition) is 1. The van der Waals surface area contributed by atoms with E-state index in [1.54, 1.807) is 4.90 Å². The van der Waals surface area contributed by atoms with Gasteiger partial charge in [-0.15, -0.1) is 0 Å². The Morgan fingerprint density at radius 1 is 1.33 bits per heavy atom. The average Bonchev–Trinajstić information content (AvgIpc) is 2.54. The maximum absolute atomic E-state index is 12.6. The first kappa shape index (κ1) is 16.2. The van der Waals surface area contributed by atoms with Crippen molar-refractivity contribution >= 4 is 12.3 Å². The Morgan fingerprint density at radius 2 is 2.05 bits per heavy atom. The molecular formula is C14H25N3O4. The van der Waals surface area contributed by atoms with Crippen LogP contribution in [0.2, 0.25) is 0 Å². The van der Waals surface area contributed by atoms with Crippen LogP contribution in [-0.4, -0.2) is 97.3 Å². The lowest BCUT2D eigenvalue weighted by Gasteiger charge is -2.40. The van der Waals surface area contributed by atoms with E-state index in [-0.39, 0.29) is 24.5 Å². The minimum Gasteiger partial charge on any atom is -0.395 e. The molecule has 0 aromatic rings. The van der Waals surface area contributed by atoms with E-state index >= 15 is 0 Å². The van der Waals surface area contributed by atoms with Gasteiger partial charge in [-0.05, 0) is 0 Å². The molecule has 2 rings (SSSR count). The molecule has 7 heteroatoms. The quantitative estimate of drug-likeness (QED) is 0.633. The van der Waals surface area contributed by atoms with Crippen LogP contribution in [0.15, 0.2) is 0 Å². The number of hydrogen-bond acceptors (Lipinski definition) is 5. The van der Waals surface area contributed by atoms with Crippen molar-refractivity contribution in [3.8, 4) is 0 Å². The molecule has 0 aromatic carbocycles. The van der Waals surface area contributed by atoms with Crippen molar-refractivity contribution in [3.63, 3.8) is 0 Å². The average molecular weight is 299 g/mol. The van der Waals surface area contributed by atoms with Crippen molar-refractivity contribution in [1.29, 1.82) is 0 Å². The van der Waals surface area contributed by atoms with E-state index in [1.807, 2.05) is 11.8 Å². The molecule has 0 radical (unpaired) electrons. The summed E-state index contributed by atoms with van der Waals surface area (Å²) in [4.78, 5) is 29.4. The standard InChI is InChI=1S/C14H25N3O4/c1-12(13-10-21-9-7-17(13)11-19)14(20)16-4-2-15(3-5-16)6-8-18/h11-13,18H,2-10H2,1H3. The van der Waals surface area contributed by atoms with E-state index in [2.05, 4.69) is 4.90 Å². The second-order valence-corrected chi connectivity index (χ2v) is 5.66. The van der Waals surface area contributed by atoms with Crippen LogP contribution in [0.5, 0.6) is 0 Å². The third-order valence-electron chi connectivity index (χ3n) is 4.41. The van der Waals surface area contributed by atoms with Crippen LogP contribution < -0.4 is 0 Å². The van der Waals surface area contributed by atoms with Crippen molar-refractivity contribution in [2.45, 2.75) is 13.0 Å². The number of rotatable bonds is 5. The molecule has 1 N–H and O–H groups in total. The van der Waals surface area contributed by atoms with Crippen LogP contribution >= 0.6 is 0 Å². The van der Waals surface area contributed by atoms with Gasteiger partial charge in [0.25, 0.3) is 0 Å². The Bertz CT molecular complexity index is 358. The SMILES string of the molecule is CC(C(=O)N1CCN(CCO)CC1)C1COCCN1C=O. The van der Waals surface area contributed by atoms with E-state index in [0.717, 1.165) is 19.5 Å². The summed E-state index contributed by atoms with van der Waals surface area (Å²) in [7, 11) is 0. The van der Waals surface area contributed by atoms with E-state index in [1.165, 1.54) is 0 Å². The monoisotopic (exact) mass is 299 g/mol. The molecule has 2 fully saturated rings. The van der Waals surface area contributed by atoms with Gasteiger partial charge in [0.1, 0.15) is 0 Å². The number of piperazine rings is 1. The first-order chi connectivity index (χ1) is 10.2. The van der Waals surface area contributed by atoms with Gasteiger partial charge < -0.3 is 19.6 Å². The molecular weight excluding hydrogens is 274 g/mol. The summed E-state index contributed by atoms with van der Waals surface area (Å²) < 4.78 is 5.41. The number of carbonyl (C=O) groups is 2. The summed E-state index contributed by atoms with van der Waals surface area (Å²) in [5.41, 5.74) is 0. The maximum atomic E-state index is 12.6. The molecule has 2 amide bonds. The third-order valence-corrected chi connectivity index (χ3v) is 4.41. The largest absolute Gasteiger partial charge is 0.395 e.